The van der Waals surface area contributed by atoms with Crippen LogP contribution in [0.4, 0.5) is 0 Å². The van der Waals surface area contributed by atoms with E-state index in [1.165, 1.54) is 23.4 Å². The van der Waals surface area contributed by atoms with Crippen LogP contribution in [0.2, 0.25) is 0 Å². The summed E-state index contributed by atoms with van der Waals surface area (Å²) in [5, 5.41) is 0.702. The van der Waals surface area contributed by atoms with Gasteiger partial charge in [0.05, 0.1) is 7.11 Å². The molecule has 24 heavy (non-hydrogen) atoms. The molecule has 2 heterocycles. The third-order valence-corrected chi connectivity index (χ3v) is 4.64. The zero-order valence-corrected chi connectivity index (χ0v) is 14.1. The van der Waals surface area contributed by atoms with E-state index in [-0.39, 0.29) is 23.7 Å². The number of rotatable bonds is 5. The highest BCUT2D eigenvalue weighted by Gasteiger charge is 2.21. The Hall–Kier alpha value is -2.54. The number of nitrogens with zero attached hydrogens (tertiary/aromatic N) is 2. The van der Waals surface area contributed by atoms with Crippen molar-refractivity contribution in [3.63, 3.8) is 0 Å². The van der Waals surface area contributed by atoms with Gasteiger partial charge in [-0.1, -0.05) is 30.0 Å². The zero-order valence-electron chi connectivity index (χ0n) is 13.3. The molecule has 0 N–H and O–H groups in total. The quantitative estimate of drug-likeness (QED) is 0.307. The van der Waals surface area contributed by atoms with Crippen molar-refractivity contribution in [1.29, 1.82) is 0 Å². The van der Waals surface area contributed by atoms with Gasteiger partial charge in [-0.15, -0.1) is 6.58 Å². The van der Waals surface area contributed by atoms with Crippen molar-refractivity contribution in [3.05, 3.63) is 47.3 Å². The standard InChI is InChI=1S/C17H16N2O4S/c1-4-9-19-15(20)14-13(11-7-5-6-8-12(11)23-14)18-17(19)24-10(2)16(21)22-3/h4-8,10H,1,9H2,2-3H3/t10-/m0/s1. The Kier molecular flexibility index (Phi) is 4.44. The molecule has 3 rings (SSSR count). The van der Waals surface area contributed by atoms with Crippen molar-refractivity contribution in [2.24, 2.45) is 0 Å². The van der Waals surface area contributed by atoms with Gasteiger partial charge in [-0.05, 0) is 19.1 Å². The molecule has 7 heteroatoms. The Morgan fingerprint density at radius 1 is 1.50 bits per heavy atom. The highest BCUT2D eigenvalue weighted by atomic mass is 32.2. The summed E-state index contributed by atoms with van der Waals surface area (Å²) in [6.07, 6.45) is 1.60. The molecule has 3 aromatic rings. The van der Waals surface area contributed by atoms with Crippen molar-refractivity contribution in [2.45, 2.75) is 23.9 Å². The second-order valence-corrected chi connectivity index (χ2v) is 6.47. The predicted octanol–water partition coefficient (Wildman–Crippen LogP) is 2.98. The van der Waals surface area contributed by atoms with Crippen LogP contribution in [0.1, 0.15) is 6.92 Å². The molecule has 6 nitrogen and oxygen atoms in total. The van der Waals surface area contributed by atoms with E-state index in [0.717, 1.165) is 5.39 Å². The summed E-state index contributed by atoms with van der Waals surface area (Å²) >= 11 is 1.17. The molecular weight excluding hydrogens is 328 g/mol. The lowest BCUT2D eigenvalue weighted by Gasteiger charge is -2.12. The molecule has 2 aromatic heterocycles. The molecule has 0 unspecified atom stereocenters. The van der Waals surface area contributed by atoms with Gasteiger partial charge in [0.25, 0.3) is 5.56 Å². The van der Waals surface area contributed by atoms with Crippen LogP contribution in [-0.4, -0.2) is 27.9 Å². The fourth-order valence-electron chi connectivity index (χ4n) is 2.41. The number of allylic oxidation sites excluding steroid dienone is 1. The van der Waals surface area contributed by atoms with Crippen molar-refractivity contribution in [2.75, 3.05) is 7.11 Å². The number of methoxy groups -OCH3 is 1. The van der Waals surface area contributed by atoms with E-state index in [2.05, 4.69) is 11.6 Å². The Balaban J connectivity index is 2.24. The molecule has 124 valence electrons. The lowest BCUT2D eigenvalue weighted by atomic mass is 10.2. The fraction of sp³-hybridized carbons (Fsp3) is 0.235. The van der Waals surface area contributed by atoms with Crippen LogP contribution >= 0.6 is 11.8 Å². The summed E-state index contributed by atoms with van der Waals surface area (Å²) < 4.78 is 11.9. The Morgan fingerprint density at radius 3 is 2.96 bits per heavy atom. The van der Waals surface area contributed by atoms with Crippen molar-refractivity contribution in [1.82, 2.24) is 9.55 Å². The normalized spacial score (nSPS) is 12.4. The number of hydrogen-bond donors (Lipinski definition) is 0. The van der Waals surface area contributed by atoms with Gasteiger partial charge in [0.15, 0.2) is 5.16 Å². The van der Waals surface area contributed by atoms with Gasteiger partial charge in [0.2, 0.25) is 5.58 Å². The molecule has 1 aromatic carbocycles. The number of hydrogen-bond acceptors (Lipinski definition) is 6. The topological polar surface area (TPSA) is 74.3 Å². The average molecular weight is 344 g/mol. The van der Waals surface area contributed by atoms with Crippen LogP contribution in [0.25, 0.3) is 22.1 Å². The molecule has 0 spiro atoms. The summed E-state index contributed by atoms with van der Waals surface area (Å²) in [7, 11) is 1.33. The molecule has 0 amide bonds. The monoisotopic (exact) mass is 344 g/mol. The Labute approximate surface area is 142 Å². The van der Waals surface area contributed by atoms with Gasteiger partial charge in [-0.3, -0.25) is 14.2 Å². The minimum Gasteiger partial charge on any atom is -0.468 e. The van der Waals surface area contributed by atoms with Crippen molar-refractivity contribution in [3.8, 4) is 0 Å². The molecule has 1 atom stereocenters. The van der Waals surface area contributed by atoms with Crippen LogP contribution in [0.3, 0.4) is 0 Å². The smallest absolute Gasteiger partial charge is 0.318 e. The van der Waals surface area contributed by atoms with Gasteiger partial charge in [0, 0.05) is 11.9 Å². The number of esters is 1. The first-order chi connectivity index (χ1) is 11.6. The van der Waals surface area contributed by atoms with Gasteiger partial charge >= 0.3 is 5.97 Å². The molecule has 0 saturated carbocycles. The first kappa shape index (κ1) is 16.3. The third kappa shape index (κ3) is 2.71. The zero-order chi connectivity index (χ0) is 17.3. The number of fused-ring (bicyclic) bond motifs is 3. The third-order valence-electron chi connectivity index (χ3n) is 3.57. The average Bonchev–Trinajstić information content (AvgIpc) is 2.96. The van der Waals surface area contributed by atoms with Crippen molar-refractivity contribution < 1.29 is 13.9 Å². The van der Waals surface area contributed by atoms with Crippen LogP contribution < -0.4 is 5.56 Å². The summed E-state index contributed by atoms with van der Waals surface area (Å²) in [6, 6.07) is 7.34. The van der Waals surface area contributed by atoms with E-state index < -0.39 is 5.25 Å². The number of carbonyl (C=O) groups is 1. The molecule has 0 aliphatic carbocycles. The number of ether oxygens (including phenoxy) is 1. The van der Waals surface area contributed by atoms with Gasteiger partial charge in [-0.2, -0.15) is 0 Å². The molecule has 0 saturated heterocycles. The second-order valence-electron chi connectivity index (χ2n) is 5.16. The maximum Gasteiger partial charge on any atom is 0.318 e. The van der Waals surface area contributed by atoms with E-state index in [1.807, 2.05) is 18.2 Å². The summed E-state index contributed by atoms with van der Waals surface area (Å²) in [4.78, 5) is 29.1. The molecule has 0 fully saturated rings. The van der Waals surface area contributed by atoms with E-state index >= 15 is 0 Å². The molecular formula is C17H16N2O4S. The van der Waals surface area contributed by atoms with Crippen molar-refractivity contribution >= 4 is 39.8 Å². The van der Waals surface area contributed by atoms with Gasteiger partial charge in [0.1, 0.15) is 16.3 Å². The lowest BCUT2D eigenvalue weighted by molar-refractivity contribution is -0.139. The number of carbonyl (C=O) groups excluding carboxylic acids is 1. The summed E-state index contributed by atoms with van der Waals surface area (Å²) in [6.45, 7) is 5.65. The van der Waals surface area contributed by atoms with E-state index in [1.54, 1.807) is 19.1 Å². The second kappa shape index (κ2) is 6.52. The number of para-hydroxylation sites is 1. The summed E-state index contributed by atoms with van der Waals surface area (Å²) in [5.74, 6) is -0.378. The van der Waals surface area contributed by atoms with Gasteiger partial charge in [-0.25, -0.2) is 4.98 Å². The van der Waals surface area contributed by atoms with Crippen LogP contribution in [0.15, 0.2) is 51.3 Å². The molecule has 0 bridgehead atoms. The van der Waals surface area contributed by atoms with Gasteiger partial charge < -0.3 is 9.15 Å². The number of aromatic nitrogens is 2. The van der Waals surface area contributed by atoms with E-state index in [9.17, 15) is 9.59 Å². The maximum atomic E-state index is 12.8. The number of thioether (sulfide) groups is 1. The highest BCUT2D eigenvalue weighted by Crippen LogP contribution is 2.28. The van der Waals surface area contributed by atoms with Crippen LogP contribution in [0.5, 0.6) is 0 Å². The predicted molar refractivity (Wildman–Crippen MR) is 93.3 cm³/mol. The number of benzene rings is 1. The van der Waals surface area contributed by atoms with Crippen LogP contribution in [0, 0.1) is 0 Å². The maximum absolute atomic E-state index is 12.8. The first-order valence-electron chi connectivity index (χ1n) is 7.34. The number of furan rings is 1. The first-order valence-corrected chi connectivity index (χ1v) is 8.22. The molecule has 0 aliphatic heterocycles. The van der Waals surface area contributed by atoms with E-state index in [4.69, 9.17) is 9.15 Å². The lowest BCUT2D eigenvalue weighted by Crippen LogP contribution is -2.24. The Bertz CT molecular complexity index is 989. The largest absolute Gasteiger partial charge is 0.468 e. The minimum atomic E-state index is -0.492. The van der Waals surface area contributed by atoms with E-state index in [0.29, 0.717) is 16.3 Å². The minimum absolute atomic E-state index is 0.202. The molecule has 0 aliphatic rings. The van der Waals surface area contributed by atoms with Crippen LogP contribution in [-0.2, 0) is 16.1 Å². The highest BCUT2D eigenvalue weighted by molar-refractivity contribution is 8.00. The SMILES string of the molecule is C=CCn1c(S[C@@H](C)C(=O)OC)nc2c(oc3ccccc32)c1=O. The fourth-order valence-corrected chi connectivity index (χ4v) is 3.34. The molecule has 0 radical (unpaired) electrons. The summed E-state index contributed by atoms with van der Waals surface area (Å²) in [5.41, 5.74) is 1.00. The Morgan fingerprint density at radius 2 is 2.25 bits per heavy atom.